The van der Waals surface area contributed by atoms with E-state index < -0.39 is 16.0 Å². The molecule has 0 saturated carbocycles. The lowest BCUT2D eigenvalue weighted by atomic mass is 9.93. The molecular weight excluding hydrogens is 294 g/mol. The van der Waals surface area contributed by atoms with Gasteiger partial charge in [-0.3, -0.25) is 5.10 Å². The molecule has 1 heterocycles. The molecule has 8 heteroatoms. The molecule has 0 unspecified atom stereocenters. The first-order chi connectivity index (χ1) is 9.43. The third-order valence-electron chi connectivity index (χ3n) is 2.89. The third-order valence-corrected chi connectivity index (χ3v) is 3.87. The molecule has 0 bridgehead atoms. The van der Waals surface area contributed by atoms with Crippen molar-refractivity contribution < 1.29 is 17.9 Å². The van der Waals surface area contributed by atoms with E-state index in [1.165, 1.54) is 0 Å². The molecule has 0 spiro atoms. The van der Waals surface area contributed by atoms with Crippen LogP contribution in [0.25, 0.3) is 0 Å². The summed E-state index contributed by atoms with van der Waals surface area (Å²) in [6.45, 7) is 9.79. The van der Waals surface area contributed by atoms with Gasteiger partial charge in [0, 0.05) is 0 Å². The Bertz CT molecular complexity index is 612. The van der Waals surface area contributed by atoms with E-state index in [0.717, 1.165) is 0 Å². The van der Waals surface area contributed by atoms with E-state index in [1.807, 2.05) is 20.8 Å². The average molecular weight is 317 g/mol. The molecule has 1 rings (SSSR count). The molecular formula is C13H23N3O4S. The predicted molar refractivity (Wildman–Crippen MR) is 78.4 cm³/mol. The lowest BCUT2D eigenvalue weighted by molar-refractivity contribution is 0.0453. The summed E-state index contributed by atoms with van der Waals surface area (Å²) in [5, 5.41) is 11.5. The molecule has 0 aliphatic rings. The largest absolute Gasteiger partial charge is 0.461 e. The van der Waals surface area contributed by atoms with Crippen LogP contribution in [0.3, 0.4) is 0 Å². The smallest absolute Gasteiger partial charge is 0.360 e. The van der Waals surface area contributed by atoms with Crippen LogP contribution in [-0.4, -0.2) is 31.2 Å². The number of aromatic nitrogens is 2. The highest BCUT2D eigenvalue weighted by Crippen LogP contribution is 2.24. The Morgan fingerprint density at radius 2 is 1.95 bits per heavy atom. The Kier molecular flexibility index (Phi) is 5.16. The Morgan fingerprint density at radius 3 is 2.38 bits per heavy atom. The van der Waals surface area contributed by atoms with Crippen molar-refractivity contribution in [2.75, 3.05) is 6.61 Å². The van der Waals surface area contributed by atoms with E-state index in [-0.39, 0.29) is 28.5 Å². The van der Waals surface area contributed by atoms with Gasteiger partial charge in [-0.15, -0.1) is 0 Å². The van der Waals surface area contributed by atoms with Gasteiger partial charge in [0.15, 0.2) is 5.69 Å². The van der Waals surface area contributed by atoms with Gasteiger partial charge in [-0.25, -0.2) is 18.4 Å². The quantitative estimate of drug-likeness (QED) is 0.803. The minimum absolute atomic E-state index is 0.0116. The van der Waals surface area contributed by atoms with E-state index in [2.05, 4.69) is 10.2 Å². The fourth-order valence-corrected chi connectivity index (χ4v) is 2.67. The topological polar surface area (TPSA) is 115 Å². The van der Waals surface area contributed by atoms with Gasteiger partial charge >= 0.3 is 5.97 Å². The SMILES string of the molecule is CC(C)c1[nH]nc(C(=O)OCCC(C)(C)C)c1S(N)(=O)=O. The van der Waals surface area contributed by atoms with Crippen molar-refractivity contribution in [1.29, 1.82) is 0 Å². The Morgan fingerprint density at radius 1 is 1.38 bits per heavy atom. The molecule has 21 heavy (non-hydrogen) atoms. The van der Waals surface area contributed by atoms with E-state index in [1.54, 1.807) is 13.8 Å². The highest BCUT2D eigenvalue weighted by atomic mass is 32.2. The summed E-state index contributed by atoms with van der Waals surface area (Å²) >= 11 is 0. The Balaban J connectivity index is 3.01. The molecule has 0 aromatic carbocycles. The predicted octanol–water partition coefficient (Wildman–Crippen LogP) is 1.77. The number of primary sulfonamides is 1. The Hall–Kier alpha value is -1.41. The van der Waals surface area contributed by atoms with Gasteiger partial charge in [-0.05, 0) is 17.8 Å². The lowest BCUT2D eigenvalue weighted by Crippen LogP contribution is -2.20. The van der Waals surface area contributed by atoms with Crippen LogP contribution in [-0.2, 0) is 14.8 Å². The number of sulfonamides is 1. The van der Waals surface area contributed by atoms with E-state index in [0.29, 0.717) is 12.1 Å². The molecule has 0 aliphatic carbocycles. The normalized spacial score (nSPS) is 12.7. The monoisotopic (exact) mass is 317 g/mol. The maximum absolute atomic E-state index is 12.0. The molecule has 0 atom stereocenters. The number of nitrogens with two attached hydrogens (primary N) is 1. The van der Waals surface area contributed by atoms with Crippen LogP contribution in [0, 0.1) is 5.41 Å². The highest BCUT2D eigenvalue weighted by molar-refractivity contribution is 7.89. The maximum Gasteiger partial charge on any atom is 0.360 e. The second-order valence-corrected chi connectivity index (χ2v) is 7.96. The van der Waals surface area contributed by atoms with Gasteiger partial charge in [0.05, 0.1) is 12.3 Å². The van der Waals surface area contributed by atoms with Crippen LogP contribution in [0.2, 0.25) is 0 Å². The number of nitrogens with zero attached hydrogens (tertiary/aromatic N) is 1. The molecule has 1 aromatic rings. The molecule has 0 aliphatic heterocycles. The number of rotatable bonds is 5. The third kappa shape index (κ3) is 4.82. The minimum Gasteiger partial charge on any atom is -0.461 e. The summed E-state index contributed by atoms with van der Waals surface area (Å²) in [5.41, 5.74) is 0.0351. The first kappa shape index (κ1) is 17.6. The number of carbonyl (C=O) groups is 1. The summed E-state index contributed by atoms with van der Waals surface area (Å²) in [5.74, 6) is -0.951. The number of hydrogen-bond acceptors (Lipinski definition) is 5. The highest BCUT2D eigenvalue weighted by Gasteiger charge is 2.29. The molecule has 0 radical (unpaired) electrons. The second kappa shape index (κ2) is 6.15. The standard InChI is InChI=1S/C13H23N3O4S/c1-8(2)9-11(21(14,18)19)10(16-15-9)12(17)20-7-6-13(3,4)5/h8H,6-7H2,1-5H3,(H,15,16)(H2,14,18,19). The first-order valence-corrected chi connectivity index (χ1v) is 8.26. The number of H-pyrrole nitrogens is 1. The fourth-order valence-electron chi connectivity index (χ4n) is 1.68. The Labute approximate surface area is 125 Å². The van der Waals surface area contributed by atoms with Crippen LogP contribution in [0.4, 0.5) is 0 Å². The van der Waals surface area contributed by atoms with Gasteiger partial charge in [0.2, 0.25) is 10.0 Å². The zero-order valence-electron chi connectivity index (χ0n) is 13.1. The van der Waals surface area contributed by atoms with Gasteiger partial charge in [0.25, 0.3) is 0 Å². The van der Waals surface area contributed by atoms with Gasteiger partial charge in [-0.1, -0.05) is 34.6 Å². The molecule has 3 N–H and O–H groups in total. The number of hydrogen-bond donors (Lipinski definition) is 2. The molecule has 0 saturated heterocycles. The number of ether oxygens (including phenoxy) is 1. The van der Waals surface area contributed by atoms with Gasteiger partial charge < -0.3 is 4.74 Å². The van der Waals surface area contributed by atoms with E-state index in [9.17, 15) is 13.2 Å². The minimum atomic E-state index is -4.06. The second-order valence-electron chi connectivity index (χ2n) is 6.46. The van der Waals surface area contributed by atoms with Crippen molar-refractivity contribution in [3.8, 4) is 0 Å². The van der Waals surface area contributed by atoms with Gasteiger partial charge in [0.1, 0.15) is 4.90 Å². The van der Waals surface area contributed by atoms with Crippen LogP contribution >= 0.6 is 0 Å². The summed E-state index contributed by atoms with van der Waals surface area (Å²) in [6.07, 6.45) is 0.658. The van der Waals surface area contributed by atoms with Crippen LogP contribution in [0.1, 0.15) is 63.1 Å². The van der Waals surface area contributed by atoms with Crippen LogP contribution in [0.15, 0.2) is 4.90 Å². The van der Waals surface area contributed by atoms with Crippen molar-refractivity contribution in [1.82, 2.24) is 10.2 Å². The zero-order valence-corrected chi connectivity index (χ0v) is 13.9. The number of nitrogens with one attached hydrogen (secondary N) is 1. The summed E-state index contributed by atoms with van der Waals surface area (Å²) in [4.78, 5) is 11.7. The van der Waals surface area contributed by atoms with Crippen molar-refractivity contribution in [3.05, 3.63) is 11.4 Å². The molecule has 0 amide bonds. The summed E-state index contributed by atoms with van der Waals surface area (Å²) in [6, 6.07) is 0. The van der Waals surface area contributed by atoms with Crippen molar-refractivity contribution in [3.63, 3.8) is 0 Å². The lowest BCUT2D eigenvalue weighted by Gasteiger charge is -2.17. The van der Waals surface area contributed by atoms with Gasteiger partial charge in [-0.2, -0.15) is 5.10 Å². The number of carbonyl (C=O) groups excluding carboxylic acids is 1. The summed E-state index contributed by atoms with van der Waals surface area (Å²) < 4.78 is 28.5. The first-order valence-electron chi connectivity index (χ1n) is 6.71. The van der Waals surface area contributed by atoms with Crippen LogP contribution < -0.4 is 5.14 Å². The van der Waals surface area contributed by atoms with Crippen molar-refractivity contribution in [2.24, 2.45) is 10.6 Å². The summed E-state index contributed by atoms with van der Waals surface area (Å²) in [7, 11) is -4.06. The maximum atomic E-state index is 12.0. The molecule has 120 valence electrons. The van der Waals surface area contributed by atoms with Crippen molar-refractivity contribution >= 4 is 16.0 Å². The molecule has 7 nitrogen and oxygen atoms in total. The zero-order chi connectivity index (χ0) is 16.4. The molecule has 1 aromatic heterocycles. The average Bonchev–Trinajstić information content (AvgIpc) is 2.70. The molecule has 0 fully saturated rings. The fraction of sp³-hybridized carbons (Fsp3) is 0.692. The number of aromatic amines is 1. The number of esters is 1. The van der Waals surface area contributed by atoms with Crippen molar-refractivity contribution in [2.45, 2.75) is 51.9 Å². The van der Waals surface area contributed by atoms with E-state index >= 15 is 0 Å². The van der Waals surface area contributed by atoms with Crippen LogP contribution in [0.5, 0.6) is 0 Å². The van der Waals surface area contributed by atoms with E-state index in [4.69, 9.17) is 9.88 Å².